The molecule has 0 spiro atoms. The van der Waals surface area contributed by atoms with E-state index < -0.39 is 11.5 Å². The van der Waals surface area contributed by atoms with Gasteiger partial charge in [-0.3, -0.25) is 23.7 Å². The van der Waals surface area contributed by atoms with Gasteiger partial charge in [0.05, 0.1) is 58.1 Å². The Hall–Kier alpha value is -6.63. The maximum atomic E-state index is 14.3. The first-order chi connectivity index (χ1) is 26.6. The van der Waals surface area contributed by atoms with E-state index in [1.807, 2.05) is 18.2 Å². The van der Waals surface area contributed by atoms with Crippen LogP contribution in [0.3, 0.4) is 0 Å². The van der Waals surface area contributed by atoms with Gasteiger partial charge in [0.25, 0.3) is 5.56 Å². The Labute approximate surface area is 315 Å². The fraction of sp³-hybridized carbons (Fsp3) is 0.262. The van der Waals surface area contributed by atoms with Crippen LogP contribution in [0.25, 0.3) is 44.3 Å². The fourth-order valence-electron chi connectivity index (χ4n) is 7.34. The van der Waals surface area contributed by atoms with Gasteiger partial charge in [0.1, 0.15) is 11.5 Å². The summed E-state index contributed by atoms with van der Waals surface area (Å²) < 4.78 is 30.7. The first-order valence-corrected chi connectivity index (χ1v) is 17.7. The van der Waals surface area contributed by atoms with Crippen molar-refractivity contribution in [2.75, 3.05) is 35.0 Å². The van der Waals surface area contributed by atoms with E-state index in [9.17, 15) is 19.2 Å². The van der Waals surface area contributed by atoms with Crippen molar-refractivity contribution in [3.05, 3.63) is 110 Å². The van der Waals surface area contributed by atoms with Gasteiger partial charge in [-0.05, 0) is 84.1 Å². The second kappa shape index (κ2) is 15.4. The van der Waals surface area contributed by atoms with Gasteiger partial charge in [-0.15, -0.1) is 0 Å². The summed E-state index contributed by atoms with van der Waals surface area (Å²) in [5.41, 5.74) is 3.77. The number of para-hydroxylation sites is 1. The maximum Gasteiger partial charge on any atom is 0.261 e. The second-order valence-corrected chi connectivity index (χ2v) is 13.2. The zero-order valence-electron chi connectivity index (χ0n) is 31.1. The van der Waals surface area contributed by atoms with E-state index in [2.05, 4.69) is 15.6 Å². The number of furan rings is 1. The van der Waals surface area contributed by atoms with E-state index in [1.165, 1.54) is 38.1 Å². The number of carbonyl (C=O) groups is 2. The lowest BCUT2D eigenvalue weighted by molar-refractivity contribution is -0.121. The molecule has 2 heterocycles. The maximum absolute atomic E-state index is 14.3. The number of amides is 2. The number of nitrogens with one attached hydrogen (secondary N) is 2. The van der Waals surface area contributed by atoms with Gasteiger partial charge in [0, 0.05) is 42.1 Å². The number of ether oxygens (including phenoxy) is 4. The zero-order chi connectivity index (χ0) is 38.8. The number of methoxy groups -OCH3 is 4. The van der Waals surface area contributed by atoms with Crippen LogP contribution in [0.15, 0.2) is 87.1 Å². The normalized spacial score (nSPS) is 13.4. The standard InChI is InChI=1S/C42H40N4O9/c1-23(47)45-33-15-12-25-18-35(52-3)40(53-4)41(54-5)37(25)29-19-30-31(21-36(49)43-16-17-46-22-44-32-9-7-6-8-27(32)42(46)50)38(24-10-13-26(51-2)14-11-24)55-39(30)34(48)20-28(29)33/h6-11,13-14,18-20,22,33H,12,15-17,21H2,1-5H3,(H,43,49)(H,45,47)/t33-/m0/s1. The van der Waals surface area contributed by atoms with Gasteiger partial charge in [-0.1, -0.05) is 12.1 Å². The van der Waals surface area contributed by atoms with Crippen LogP contribution < -0.4 is 40.6 Å². The molecule has 1 aliphatic rings. The molecule has 0 fully saturated rings. The third-order valence-corrected chi connectivity index (χ3v) is 9.89. The van der Waals surface area contributed by atoms with Crippen molar-refractivity contribution in [1.82, 2.24) is 20.2 Å². The van der Waals surface area contributed by atoms with Crippen molar-refractivity contribution < 1.29 is 33.0 Å². The van der Waals surface area contributed by atoms with E-state index in [0.717, 1.165) is 5.56 Å². The Kier molecular flexibility index (Phi) is 10.3. The summed E-state index contributed by atoms with van der Waals surface area (Å²) in [5, 5.41) is 6.85. The number of rotatable bonds is 11. The molecule has 6 aromatic rings. The number of hydrogen-bond donors (Lipinski definition) is 2. The minimum Gasteiger partial charge on any atom is -0.497 e. The molecular formula is C42H40N4O9. The Morgan fingerprint density at radius 1 is 0.909 bits per heavy atom. The molecule has 0 unspecified atom stereocenters. The van der Waals surface area contributed by atoms with Crippen molar-refractivity contribution >= 4 is 33.7 Å². The van der Waals surface area contributed by atoms with Crippen molar-refractivity contribution in [3.63, 3.8) is 0 Å². The van der Waals surface area contributed by atoms with Crippen LogP contribution in [0.4, 0.5) is 0 Å². The summed E-state index contributed by atoms with van der Waals surface area (Å²) in [7, 11) is 6.16. The van der Waals surface area contributed by atoms with Gasteiger partial charge >= 0.3 is 0 Å². The minimum atomic E-state index is -0.536. The summed E-state index contributed by atoms with van der Waals surface area (Å²) in [6, 6.07) is 18.9. The van der Waals surface area contributed by atoms with Gasteiger partial charge in [0.2, 0.25) is 23.0 Å². The van der Waals surface area contributed by atoms with Gasteiger partial charge < -0.3 is 34.0 Å². The Morgan fingerprint density at radius 2 is 1.67 bits per heavy atom. The molecular weight excluding hydrogens is 704 g/mol. The SMILES string of the molecule is COc1ccc(-c2oc3c(=O)cc4c(cc3c2CC(=O)NCCn2cnc3ccccc3c2=O)-c2c(cc(OC)c(OC)c2OC)CC[C@@H]4NC(C)=O)cc1. The first kappa shape index (κ1) is 36.7. The molecule has 55 heavy (non-hydrogen) atoms. The van der Waals surface area contributed by atoms with Crippen LogP contribution in [-0.4, -0.2) is 56.3 Å². The van der Waals surface area contributed by atoms with Crippen LogP contribution >= 0.6 is 0 Å². The van der Waals surface area contributed by atoms with Crippen molar-refractivity contribution in [2.45, 2.75) is 38.8 Å². The summed E-state index contributed by atoms with van der Waals surface area (Å²) in [6.07, 6.45) is 2.29. The van der Waals surface area contributed by atoms with Crippen LogP contribution in [-0.2, 0) is 29.0 Å². The molecule has 2 N–H and O–H groups in total. The molecule has 7 rings (SSSR count). The van der Waals surface area contributed by atoms with Crippen molar-refractivity contribution in [3.8, 4) is 45.4 Å². The van der Waals surface area contributed by atoms with Gasteiger partial charge in [-0.2, -0.15) is 0 Å². The molecule has 0 bridgehead atoms. The number of nitrogens with zero attached hydrogens (tertiary/aromatic N) is 2. The highest BCUT2D eigenvalue weighted by Crippen LogP contribution is 2.51. The lowest BCUT2D eigenvalue weighted by Gasteiger charge is -2.20. The monoisotopic (exact) mass is 744 g/mol. The van der Waals surface area contributed by atoms with Crippen LogP contribution in [0.5, 0.6) is 23.0 Å². The number of hydrogen-bond acceptors (Lipinski definition) is 10. The minimum absolute atomic E-state index is 0.0399. The molecule has 2 amide bonds. The average Bonchev–Trinajstić information content (AvgIpc) is 3.39. The zero-order valence-corrected chi connectivity index (χ0v) is 31.1. The predicted molar refractivity (Wildman–Crippen MR) is 207 cm³/mol. The molecule has 282 valence electrons. The molecule has 0 aliphatic heterocycles. The molecule has 4 aromatic carbocycles. The van der Waals surface area contributed by atoms with Crippen LogP contribution in [0, 0.1) is 0 Å². The third-order valence-electron chi connectivity index (χ3n) is 9.89. The molecule has 0 radical (unpaired) electrons. The van der Waals surface area contributed by atoms with Gasteiger partial charge in [0.15, 0.2) is 17.1 Å². The number of aromatic nitrogens is 2. The van der Waals surface area contributed by atoms with Crippen molar-refractivity contribution in [1.29, 1.82) is 0 Å². The largest absolute Gasteiger partial charge is 0.497 e. The molecule has 13 nitrogen and oxygen atoms in total. The highest BCUT2D eigenvalue weighted by Gasteiger charge is 2.31. The number of fused-ring (bicyclic) bond motifs is 5. The number of aryl methyl sites for hydroxylation is 1. The topological polar surface area (TPSA) is 160 Å². The predicted octanol–water partition coefficient (Wildman–Crippen LogP) is 5.35. The summed E-state index contributed by atoms with van der Waals surface area (Å²) in [4.78, 5) is 58.0. The number of carbonyl (C=O) groups excluding carboxylic acids is 2. The van der Waals surface area contributed by atoms with Crippen LogP contribution in [0.1, 0.15) is 36.1 Å². The third kappa shape index (κ3) is 6.96. The van der Waals surface area contributed by atoms with E-state index >= 15 is 0 Å². The average molecular weight is 745 g/mol. The lowest BCUT2D eigenvalue weighted by Crippen LogP contribution is -2.31. The smallest absolute Gasteiger partial charge is 0.261 e. The van der Waals surface area contributed by atoms with Gasteiger partial charge in [-0.25, -0.2) is 4.98 Å². The summed E-state index contributed by atoms with van der Waals surface area (Å²) in [6.45, 7) is 1.77. The quantitative estimate of drug-likeness (QED) is 0.177. The lowest BCUT2D eigenvalue weighted by atomic mass is 9.94. The Morgan fingerprint density at radius 3 is 2.38 bits per heavy atom. The van der Waals surface area contributed by atoms with E-state index in [-0.39, 0.29) is 42.5 Å². The summed E-state index contributed by atoms with van der Waals surface area (Å²) >= 11 is 0. The fourth-order valence-corrected chi connectivity index (χ4v) is 7.34. The molecule has 1 aliphatic carbocycles. The first-order valence-electron chi connectivity index (χ1n) is 17.7. The van der Waals surface area contributed by atoms with Crippen molar-refractivity contribution in [2.24, 2.45) is 0 Å². The molecule has 0 saturated carbocycles. The molecule has 1 atom stereocenters. The van der Waals surface area contributed by atoms with E-state index in [0.29, 0.717) is 85.7 Å². The summed E-state index contributed by atoms with van der Waals surface area (Å²) in [5.74, 6) is 1.57. The Bertz CT molecular complexity index is 2580. The van der Waals surface area contributed by atoms with E-state index in [1.54, 1.807) is 56.7 Å². The molecule has 2 aromatic heterocycles. The second-order valence-electron chi connectivity index (χ2n) is 13.2. The highest BCUT2D eigenvalue weighted by atomic mass is 16.5. The molecule has 13 heteroatoms. The van der Waals surface area contributed by atoms with Crippen LogP contribution in [0.2, 0.25) is 0 Å². The molecule has 0 saturated heterocycles. The number of benzene rings is 3. The Balaban J connectivity index is 1.38. The van der Waals surface area contributed by atoms with E-state index in [4.69, 9.17) is 23.4 Å². The highest BCUT2D eigenvalue weighted by molar-refractivity contribution is 5.96.